The van der Waals surface area contributed by atoms with Crippen LogP contribution in [0.4, 0.5) is 11.5 Å². The van der Waals surface area contributed by atoms with Crippen molar-refractivity contribution in [2.75, 3.05) is 29.9 Å². The first-order valence-corrected chi connectivity index (χ1v) is 15.8. The van der Waals surface area contributed by atoms with Crippen molar-refractivity contribution in [3.05, 3.63) is 83.4 Å². The van der Waals surface area contributed by atoms with Crippen molar-refractivity contribution in [1.29, 1.82) is 0 Å². The van der Waals surface area contributed by atoms with Crippen LogP contribution in [0.3, 0.4) is 0 Å². The molecule has 1 atom stereocenters. The van der Waals surface area contributed by atoms with E-state index in [9.17, 15) is 0 Å². The molecule has 0 amide bonds. The standard InChI is InChI=1S/C36H44N4/c1-4-7-33(27-11-12-27)40-19-18-39(23-34(40)28-13-14-28)36-25(6-3)20-31(35(38-36)29-15-16-29)30-17-10-26-9-8-24(5-2)22-37-32(26)21-30/h5,7-10,17,20-22,27-29,34,37H,2,4,6,11-16,18-19,23H2,1,3H3/b33-7-. The molecule has 1 unspecified atom stereocenters. The minimum atomic E-state index is 0.591. The summed E-state index contributed by atoms with van der Waals surface area (Å²) >= 11 is 0. The average Bonchev–Trinajstić information content (AvgIpc) is 3.84. The quantitative estimate of drug-likeness (QED) is 0.352. The van der Waals surface area contributed by atoms with Crippen LogP contribution >= 0.6 is 0 Å². The van der Waals surface area contributed by atoms with Crippen molar-refractivity contribution in [2.45, 2.75) is 77.2 Å². The second-order valence-electron chi connectivity index (χ2n) is 12.5. The maximum Gasteiger partial charge on any atom is 0.132 e. The van der Waals surface area contributed by atoms with E-state index in [1.54, 1.807) is 5.70 Å². The highest BCUT2D eigenvalue weighted by Gasteiger charge is 2.43. The zero-order valence-corrected chi connectivity index (χ0v) is 24.3. The molecule has 7 rings (SSSR count). The number of nitrogens with zero attached hydrogens (tertiary/aromatic N) is 3. The number of rotatable bonds is 9. The van der Waals surface area contributed by atoms with Gasteiger partial charge in [-0.15, -0.1) is 0 Å². The number of fused-ring (bicyclic) bond motifs is 1. The van der Waals surface area contributed by atoms with Gasteiger partial charge in [0.05, 0.1) is 5.69 Å². The van der Waals surface area contributed by atoms with Gasteiger partial charge in [0, 0.05) is 54.7 Å². The molecule has 1 aromatic carbocycles. The zero-order chi connectivity index (χ0) is 27.2. The number of piperazine rings is 1. The maximum absolute atomic E-state index is 5.56. The number of allylic oxidation sites excluding steroid dienone is 5. The summed E-state index contributed by atoms with van der Waals surface area (Å²) in [6, 6.07) is 9.96. The minimum absolute atomic E-state index is 0.591. The molecular weight excluding hydrogens is 488 g/mol. The first kappa shape index (κ1) is 25.7. The lowest BCUT2D eigenvalue weighted by Crippen LogP contribution is -2.54. The molecule has 1 saturated heterocycles. The Bertz CT molecular complexity index is 1390. The maximum atomic E-state index is 5.56. The topological polar surface area (TPSA) is 31.4 Å². The van der Waals surface area contributed by atoms with Crippen LogP contribution in [0.5, 0.6) is 0 Å². The molecule has 0 radical (unpaired) electrons. The Morgan fingerprint density at radius 3 is 2.60 bits per heavy atom. The summed E-state index contributed by atoms with van der Waals surface area (Å²) in [6.07, 6.45) is 21.0. The van der Waals surface area contributed by atoms with Crippen molar-refractivity contribution in [3.8, 4) is 11.1 Å². The molecule has 1 aromatic heterocycles. The Morgan fingerprint density at radius 1 is 1.05 bits per heavy atom. The molecule has 4 nitrogen and oxygen atoms in total. The largest absolute Gasteiger partial charge is 0.368 e. The van der Waals surface area contributed by atoms with Gasteiger partial charge in [-0.1, -0.05) is 56.9 Å². The molecule has 1 N–H and O–H groups in total. The molecule has 3 heterocycles. The third-order valence-corrected chi connectivity index (χ3v) is 9.53. The van der Waals surface area contributed by atoms with Gasteiger partial charge in [-0.25, -0.2) is 4.98 Å². The summed E-state index contributed by atoms with van der Waals surface area (Å²) in [5, 5.41) is 3.51. The number of aryl methyl sites for hydroxylation is 1. The molecule has 0 spiro atoms. The van der Waals surface area contributed by atoms with Gasteiger partial charge in [-0.3, -0.25) is 0 Å². The molecule has 0 bridgehead atoms. The molecule has 5 aliphatic rings. The second kappa shape index (κ2) is 10.6. The predicted molar refractivity (Wildman–Crippen MR) is 168 cm³/mol. The number of anilines is 2. The molecule has 4 fully saturated rings. The molecule has 2 aliphatic heterocycles. The van der Waals surface area contributed by atoms with Gasteiger partial charge in [0.15, 0.2) is 0 Å². The first-order valence-electron chi connectivity index (χ1n) is 15.8. The van der Waals surface area contributed by atoms with Gasteiger partial charge in [-0.2, -0.15) is 0 Å². The lowest BCUT2D eigenvalue weighted by atomic mass is 9.96. The molecule has 4 heteroatoms. The Hall–Kier alpha value is -3.27. The van der Waals surface area contributed by atoms with Crippen LogP contribution in [-0.2, 0) is 6.42 Å². The highest BCUT2D eigenvalue weighted by atomic mass is 15.3. The summed E-state index contributed by atoms with van der Waals surface area (Å²) in [5.74, 6) is 3.53. The van der Waals surface area contributed by atoms with Crippen molar-refractivity contribution < 1.29 is 0 Å². The summed E-state index contributed by atoms with van der Waals surface area (Å²) in [6.45, 7) is 11.9. The van der Waals surface area contributed by atoms with Crippen LogP contribution in [0.15, 0.2) is 66.5 Å². The summed E-state index contributed by atoms with van der Waals surface area (Å²) in [5.41, 5.74) is 10.4. The Labute approximate surface area is 240 Å². The van der Waals surface area contributed by atoms with E-state index in [2.05, 4.69) is 78.0 Å². The van der Waals surface area contributed by atoms with E-state index in [1.165, 1.54) is 72.3 Å². The molecule has 40 heavy (non-hydrogen) atoms. The summed E-state index contributed by atoms with van der Waals surface area (Å²) in [7, 11) is 0. The fourth-order valence-corrected chi connectivity index (χ4v) is 6.82. The number of aromatic nitrogens is 1. The lowest BCUT2D eigenvalue weighted by molar-refractivity contribution is 0.194. The van der Waals surface area contributed by atoms with Crippen molar-refractivity contribution in [2.24, 2.45) is 11.8 Å². The van der Waals surface area contributed by atoms with E-state index in [0.717, 1.165) is 55.6 Å². The van der Waals surface area contributed by atoms with Gasteiger partial charge in [0.1, 0.15) is 5.82 Å². The molecule has 208 valence electrons. The number of pyridine rings is 1. The first-order chi connectivity index (χ1) is 19.7. The van der Waals surface area contributed by atoms with Gasteiger partial charge in [-0.05, 0) is 97.6 Å². The van der Waals surface area contributed by atoms with E-state index in [1.807, 2.05) is 12.3 Å². The molecule has 3 saturated carbocycles. The normalized spacial score (nSPS) is 22.9. The van der Waals surface area contributed by atoms with E-state index < -0.39 is 0 Å². The summed E-state index contributed by atoms with van der Waals surface area (Å²) < 4.78 is 0. The minimum Gasteiger partial charge on any atom is -0.368 e. The Morgan fingerprint density at radius 2 is 1.90 bits per heavy atom. The Balaban J connectivity index is 1.22. The van der Waals surface area contributed by atoms with Crippen LogP contribution in [-0.4, -0.2) is 35.6 Å². The number of nitrogens with one attached hydrogen (secondary N) is 1. The zero-order valence-electron chi connectivity index (χ0n) is 24.3. The average molecular weight is 533 g/mol. The summed E-state index contributed by atoms with van der Waals surface area (Å²) in [4.78, 5) is 11.1. The SMILES string of the molecule is C=CC1=CNc2cc(-c3cc(CC)c(N4CCN(/C(=C\CC)C5CC5)C(C5CC5)C4)nc3C3CC3)ccc2C=C1. The highest BCUT2D eigenvalue weighted by molar-refractivity contribution is 5.80. The fraction of sp³-hybridized carbons (Fsp3) is 0.472. The highest BCUT2D eigenvalue weighted by Crippen LogP contribution is 2.47. The number of hydrogen-bond donors (Lipinski definition) is 1. The third-order valence-electron chi connectivity index (χ3n) is 9.53. The molecular formula is C36H44N4. The predicted octanol–water partition coefficient (Wildman–Crippen LogP) is 8.30. The number of hydrogen-bond acceptors (Lipinski definition) is 4. The third kappa shape index (κ3) is 5.02. The van der Waals surface area contributed by atoms with Crippen LogP contribution in [0.25, 0.3) is 17.2 Å². The van der Waals surface area contributed by atoms with E-state index >= 15 is 0 Å². The van der Waals surface area contributed by atoms with Gasteiger partial charge < -0.3 is 15.1 Å². The van der Waals surface area contributed by atoms with Crippen molar-refractivity contribution >= 4 is 17.6 Å². The Kier molecular flexibility index (Phi) is 6.81. The fourth-order valence-electron chi connectivity index (χ4n) is 6.82. The lowest BCUT2D eigenvalue weighted by Gasteiger charge is -2.45. The second-order valence-corrected chi connectivity index (χ2v) is 12.5. The molecule has 3 aliphatic carbocycles. The van der Waals surface area contributed by atoms with Crippen molar-refractivity contribution in [1.82, 2.24) is 9.88 Å². The smallest absolute Gasteiger partial charge is 0.132 e. The van der Waals surface area contributed by atoms with E-state index in [4.69, 9.17) is 4.98 Å². The van der Waals surface area contributed by atoms with Gasteiger partial charge >= 0.3 is 0 Å². The van der Waals surface area contributed by atoms with Crippen LogP contribution in [0.1, 0.15) is 81.5 Å². The van der Waals surface area contributed by atoms with E-state index in [-0.39, 0.29) is 0 Å². The van der Waals surface area contributed by atoms with Crippen LogP contribution < -0.4 is 10.2 Å². The van der Waals surface area contributed by atoms with Crippen LogP contribution in [0, 0.1) is 11.8 Å². The van der Waals surface area contributed by atoms with Gasteiger partial charge in [0.2, 0.25) is 0 Å². The van der Waals surface area contributed by atoms with E-state index in [0.29, 0.717) is 12.0 Å². The van der Waals surface area contributed by atoms with Crippen LogP contribution in [0.2, 0.25) is 0 Å². The molecule has 2 aromatic rings. The monoisotopic (exact) mass is 532 g/mol. The van der Waals surface area contributed by atoms with Gasteiger partial charge in [0.25, 0.3) is 0 Å². The van der Waals surface area contributed by atoms with Crippen molar-refractivity contribution in [3.63, 3.8) is 0 Å². The number of benzene rings is 1.